The summed E-state index contributed by atoms with van der Waals surface area (Å²) in [6.07, 6.45) is 5.67. The maximum atomic E-state index is 12.8. The molecule has 138 valence electrons. The van der Waals surface area contributed by atoms with Crippen molar-refractivity contribution >= 4 is 15.9 Å². The van der Waals surface area contributed by atoms with E-state index in [-0.39, 0.29) is 22.9 Å². The summed E-state index contributed by atoms with van der Waals surface area (Å²) in [6.45, 7) is 2.95. The molecular weight excluding hydrogens is 338 g/mol. The number of hydrogen-bond donors (Lipinski definition) is 2. The first-order valence-corrected chi connectivity index (χ1v) is 10.5. The summed E-state index contributed by atoms with van der Waals surface area (Å²) in [5, 5.41) is 0. The molecule has 1 aliphatic carbocycles. The van der Waals surface area contributed by atoms with E-state index in [9.17, 15) is 13.2 Å². The highest BCUT2D eigenvalue weighted by atomic mass is 32.2. The Kier molecular flexibility index (Phi) is 5.46. The van der Waals surface area contributed by atoms with Gasteiger partial charge in [-0.15, -0.1) is 0 Å². The van der Waals surface area contributed by atoms with Crippen LogP contribution in [0.4, 0.5) is 0 Å². The van der Waals surface area contributed by atoms with Gasteiger partial charge in [0, 0.05) is 30.7 Å². The van der Waals surface area contributed by atoms with Crippen LogP contribution in [-0.2, 0) is 10.0 Å². The Hall–Kier alpha value is -1.44. The fraction of sp³-hybridized carbons (Fsp3) is 0.611. The fourth-order valence-corrected chi connectivity index (χ4v) is 5.30. The quantitative estimate of drug-likeness (QED) is 0.851. The number of piperidine rings is 1. The second-order valence-corrected chi connectivity index (χ2v) is 8.92. The molecule has 7 heteroatoms. The summed E-state index contributed by atoms with van der Waals surface area (Å²) in [6, 6.07) is 4.92. The van der Waals surface area contributed by atoms with Crippen LogP contribution in [-0.4, -0.2) is 44.4 Å². The number of aryl methyl sites for hydroxylation is 1. The van der Waals surface area contributed by atoms with E-state index in [1.807, 2.05) is 0 Å². The molecular formula is C18H27N3O3S. The third-order valence-corrected chi connectivity index (χ3v) is 6.81. The summed E-state index contributed by atoms with van der Waals surface area (Å²) >= 11 is 0. The van der Waals surface area contributed by atoms with Gasteiger partial charge in [0.05, 0.1) is 4.90 Å². The zero-order valence-electron chi connectivity index (χ0n) is 14.7. The van der Waals surface area contributed by atoms with Crippen LogP contribution in [0.3, 0.4) is 0 Å². The minimum Gasteiger partial charge on any atom is -0.337 e. The summed E-state index contributed by atoms with van der Waals surface area (Å²) in [4.78, 5) is 14.7. The Morgan fingerprint density at radius 1 is 1.20 bits per heavy atom. The maximum Gasteiger partial charge on any atom is 0.253 e. The molecule has 3 N–H and O–H groups in total. The van der Waals surface area contributed by atoms with E-state index in [0.717, 1.165) is 38.5 Å². The van der Waals surface area contributed by atoms with Crippen molar-refractivity contribution in [3.63, 3.8) is 0 Å². The van der Waals surface area contributed by atoms with Gasteiger partial charge in [-0.25, -0.2) is 13.1 Å². The van der Waals surface area contributed by atoms with Crippen molar-refractivity contribution in [2.75, 3.05) is 13.1 Å². The van der Waals surface area contributed by atoms with Gasteiger partial charge in [-0.2, -0.15) is 0 Å². The maximum absolute atomic E-state index is 12.8. The van der Waals surface area contributed by atoms with Crippen molar-refractivity contribution < 1.29 is 13.2 Å². The van der Waals surface area contributed by atoms with Gasteiger partial charge in [0.15, 0.2) is 0 Å². The van der Waals surface area contributed by atoms with Crippen molar-refractivity contribution in [1.82, 2.24) is 9.62 Å². The highest BCUT2D eigenvalue weighted by Crippen LogP contribution is 2.23. The van der Waals surface area contributed by atoms with E-state index in [4.69, 9.17) is 5.73 Å². The van der Waals surface area contributed by atoms with Gasteiger partial charge in [-0.05, 0) is 50.3 Å². The SMILES string of the molecule is Cc1ccc(C(=O)N2CCCC(N)C2)cc1S(=O)(=O)NC1CCCC1. The average molecular weight is 365 g/mol. The largest absolute Gasteiger partial charge is 0.337 e. The lowest BCUT2D eigenvalue weighted by molar-refractivity contribution is 0.0708. The Labute approximate surface area is 149 Å². The average Bonchev–Trinajstić information content (AvgIpc) is 3.06. The number of hydrogen-bond acceptors (Lipinski definition) is 4. The van der Waals surface area contributed by atoms with Gasteiger partial charge in [0.2, 0.25) is 10.0 Å². The number of rotatable bonds is 4. The number of nitrogens with one attached hydrogen (secondary N) is 1. The van der Waals surface area contributed by atoms with E-state index in [2.05, 4.69) is 4.72 Å². The molecule has 0 radical (unpaired) electrons. The molecule has 2 aliphatic rings. The van der Waals surface area contributed by atoms with Gasteiger partial charge in [-0.3, -0.25) is 4.79 Å². The molecule has 1 amide bonds. The molecule has 3 rings (SSSR count). The third-order valence-electron chi connectivity index (χ3n) is 5.15. The van der Waals surface area contributed by atoms with Crippen LogP contribution in [0.25, 0.3) is 0 Å². The van der Waals surface area contributed by atoms with Crippen LogP contribution in [0.2, 0.25) is 0 Å². The fourth-order valence-electron chi connectivity index (χ4n) is 3.73. The smallest absolute Gasteiger partial charge is 0.253 e. The van der Waals surface area contributed by atoms with Crippen LogP contribution in [0, 0.1) is 6.92 Å². The zero-order valence-corrected chi connectivity index (χ0v) is 15.5. The standard InChI is InChI=1S/C18H27N3O3S/c1-13-8-9-14(18(22)21-10-4-5-15(19)12-21)11-17(13)25(23,24)20-16-6-2-3-7-16/h8-9,11,15-16,20H,2-7,10,12,19H2,1H3. The number of likely N-dealkylation sites (tertiary alicyclic amines) is 1. The molecule has 0 aromatic heterocycles. The molecule has 1 atom stereocenters. The molecule has 25 heavy (non-hydrogen) atoms. The topological polar surface area (TPSA) is 92.5 Å². The van der Waals surface area contributed by atoms with Gasteiger partial charge in [0.25, 0.3) is 5.91 Å². The zero-order chi connectivity index (χ0) is 18.0. The van der Waals surface area contributed by atoms with Gasteiger partial charge in [-0.1, -0.05) is 18.9 Å². The van der Waals surface area contributed by atoms with E-state index in [1.54, 1.807) is 24.0 Å². The van der Waals surface area contributed by atoms with Crippen molar-refractivity contribution in [3.05, 3.63) is 29.3 Å². The second-order valence-electron chi connectivity index (χ2n) is 7.24. The Morgan fingerprint density at radius 3 is 2.60 bits per heavy atom. The van der Waals surface area contributed by atoms with Crippen LogP contribution < -0.4 is 10.5 Å². The number of amides is 1. The van der Waals surface area contributed by atoms with Gasteiger partial charge in [0.1, 0.15) is 0 Å². The number of nitrogens with two attached hydrogens (primary N) is 1. The minimum absolute atomic E-state index is 0.00357. The number of carbonyl (C=O) groups excluding carboxylic acids is 1. The monoisotopic (exact) mass is 365 g/mol. The minimum atomic E-state index is -3.62. The molecule has 2 fully saturated rings. The highest BCUT2D eigenvalue weighted by molar-refractivity contribution is 7.89. The molecule has 1 unspecified atom stereocenters. The molecule has 1 aromatic carbocycles. The van der Waals surface area contributed by atoms with Crippen LogP contribution in [0.15, 0.2) is 23.1 Å². The molecule has 0 bridgehead atoms. The second kappa shape index (κ2) is 7.43. The summed E-state index contributed by atoms with van der Waals surface area (Å²) in [7, 11) is -3.62. The summed E-state index contributed by atoms with van der Waals surface area (Å²) < 4.78 is 28.3. The summed E-state index contributed by atoms with van der Waals surface area (Å²) in [5.41, 5.74) is 7.02. The van der Waals surface area contributed by atoms with Crippen LogP contribution in [0.5, 0.6) is 0 Å². The molecule has 6 nitrogen and oxygen atoms in total. The molecule has 1 saturated heterocycles. The van der Waals surface area contributed by atoms with Crippen molar-refractivity contribution in [3.8, 4) is 0 Å². The Morgan fingerprint density at radius 2 is 1.92 bits per heavy atom. The normalized spacial score (nSPS) is 22.3. The molecule has 1 aromatic rings. The Bertz CT molecular complexity index is 742. The first-order valence-electron chi connectivity index (χ1n) is 9.04. The number of sulfonamides is 1. The van der Waals surface area contributed by atoms with Crippen molar-refractivity contribution in [2.24, 2.45) is 5.73 Å². The van der Waals surface area contributed by atoms with Gasteiger partial charge < -0.3 is 10.6 Å². The number of nitrogens with zero attached hydrogens (tertiary/aromatic N) is 1. The van der Waals surface area contributed by atoms with Crippen LogP contribution in [0.1, 0.15) is 54.4 Å². The van der Waals surface area contributed by atoms with Gasteiger partial charge >= 0.3 is 0 Å². The lowest BCUT2D eigenvalue weighted by atomic mass is 10.0. The lowest BCUT2D eigenvalue weighted by Crippen LogP contribution is -2.45. The molecule has 0 spiro atoms. The number of carbonyl (C=O) groups is 1. The first kappa shape index (κ1) is 18.4. The van der Waals surface area contributed by atoms with E-state index >= 15 is 0 Å². The predicted molar refractivity (Wildman–Crippen MR) is 96.9 cm³/mol. The molecule has 1 saturated carbocycles. The lowest BCUT2D eigenvalue weighted by Gasteiger charge is -2.31. The Balaban J connectivity index is 1.83. The van der Waals surface area contributed by atoms with E-state index < -0.39 is 10.0 Å². The first-order chi connectivity index (χ1) is 11.9. The molecule has 1 heterocycles. The highest BCUT2D eigenvalue weighted by Gasteiger charge is 2.27. The van der Waals surface area contributed by atoms with Crippen molar-refractivity contribution in [2.45, 2.75) is 62.4 Å². The number of benzene rings is 1. The third kappa shape index (κ3) is 4.22. The molecule has 1 aliphatic heterocycles. The predicted octanol–water partition coefficient (Wildman–Crippen LogP) is 1.78. The van der Waals surface area contributed by atoms with Crippen molar-refractivity contribution in [1.29, 1.82) is 0 Å². The summed E-state index contributed by atoms with van der Waals surface area (Å²) in [5.74, 6) is -0.146. The van der Waals surface area contributed by atoms with Crippen LogP contribution >= 0.6 is 0 Å². The van der Waals surface area contributed by atoms with E-state index in [0.29, 0.717) is 24.2 Å². The van der Waals surface area contributed by atoms with E-state index in [1.165, 1.54) is 6.07 Å².